The summed E-state index contributed by atoms with van der Waals surface area (Å²) in [4.78, 5) is 17.4. The van der Waals surface area contributed by atoms with E-state index in [2.05, 4.69) is 14.5 Å². The molecule has 0 aromatic rings. The highest BCUT2D eigenvalue weighted by atomic mass is 32.2. The van der Waals surface area contributed by atoms with Gasteiger partial charge in [-0.1, -0.05) is 0 Å². The van der Waals surface area contributed by atoms with Crippen molar-refractivity contribution < 1.29 is 17.9 Å². The third kappa shape index (κ3) is 3.18. The Morgan fingerprint density at radius 2 is 2.30 bits per heavy atom. The smallest absolute Gasteiger partial charge is 0.322 e. The standard InChI is InChI=1S/C12H19N3O4S/c1-8-9(2)13-7-15-5-10(4-11(8)15)14-20(17,18)6-12(16)19-3/h7,9-10,14H,4-6H2,1-3H3/t9-,10-/m0/s1. The molecule has 0 radical (unpaired) electrons. The van der Waals surface area contributed by atoms with Crippen molar-refractivity contribution in [3.63, 3.8) is 0 Å². The summed E-state index contributed by atoms with van der Waals surface area (Å²) < 4.78 is 30.6. The predicted molar refractivity (Wildman–Crippen MR) is 74.7 cm³/mol. The van der Waals surface area contributed by atoms with Gasteiger partial charge in [-0.25, -0.2) is 13.1 Å². The van der Waals surface area contributed by atoms with Crippen LogP contribution in [0.15, 0.2) is 16.3 Å². The van der Waals surface area contributed by atoms with Gasteiger partial charge in [-0.2, -0.15) is 0 Å². The summed E-state index contributed by atoms with van der Waals surface area (Å²) in [5.74, 6) is -1.42. The summed E-state index contributed by atoms with van der Waals surface area (Å²) in [6.07, 6.45) is 2.37. The molecular weight excluding hydrogens is 282 g/mol. The van der Waals surface area contributed by atoms with Gasteiger partial charge in [-0.3, -0.25) is 9.79 Å². The minimum Gasteiger partial charge on any atom is -0.468 e. The number of nitrogens with one attached hydrogen (secondary N) is 1. The van der Waals surface area contributed by atoms with E-state index in [-0.39, 0.29) is 12.1 Å². The lowest BCUT2D eigenvalue weighted by atomic mass is 10.1. The predicted octanol–water partition coefficient (Wildman–Crippen LogP) is -0.142. The first kappa shape index (κ1) is 15.0. The molecule has 0 aromatic heterocycles. The first-order chi connectivity index (χ1) is 9.32. The number of carbonyl (C=O) groups is 1. The van der Waals surface area contributed by atoms with Crippen LogP contribution in [0.25, 0.3) is 0 Å². The number of fused-ring (bicyclic) bond motifs is 1. The molecule has 0 amide bonds. The summed E-state index contributed by atoms with van der Waals surface area (Å²) >= 11 is 0. The van der Waals surface area contributed by atoms with Crippen LogP contribution < -0.4 is 4.72 Å². The SMILES string of the molecule is COC(=O)CS(=O)(=O)N[C@H]1CC2=C(C)[C@H](C)N=CN2C1. The number of hydrogen-bond acceptors (Lipinski definition) is 6. The third-order valence-corrected chi connectivity index (χ3v) is 4.90. The Morgan fingerprint density at radius 1 is 1.60 bits per heavy atom. The summed E-state index contributed by atoms with van der Waals surface area (Å²) in [7, 11) is -2.50. The van der Waals surface area contributed by atoms with Crippen molar-refractivity contribution >= 4 is 22.3 Å². The van der Waals surface area contributed by atoms with Crippen LogP contribution in [0.2, 0.25) is 0 Å². The monoisotopic (exact) mass is 301 g/mol. The Balaban J connectivity index is 2.04. The van der Waals surface area contributed by atoms with Crippen LogP contribution in [0.3, 0.4) is 0 Å². The Kier molecular flexibility index (Phi) is 4.14. The number of methoxy groups -OCH3 is 1. The van der Waals surface area contributed by atoms with Crippen LogP contribution in [0, 0.1) is 0 Å². The fraction of sp³-hybridized carbons (Fsp3) is 0.667. The molecule has 7 nitrogen and oxygen atoms in total. The number of esters is 1. The number of carbonyl (C=O) groups excluding carboxylic acids is 1. The average Bonchev–Trinajstić information content (AvgIpc) is 2.75. The maximum Gasteiger partial charge on any atom is 0.322 e. The Bertz CT molecular complexity index is 567. The maximum absolute atomic E-state index is 11.8. The van der Waals surface area contributed by atoms with Crippen LogP contribution in [0.4, 0.5) is 0 Å². The zero-order chi connectivity index (χ0) is 14.9. The molecule has 2 aliphatic rings. The Labute approximate surface area is 118 Å². The molecular formula is C12H19N3O4S. The van der Waals surface area contributed by atoms with Gasteiger partial charge in [-0.05, 0) is 19.4 Å². The van der Waals surface area contributed by atoms with Gasteiger partial charge in [0.2, 0.25) is 10.0 Å². The maximum atomic E-state index is 11.8. The van der Waals surface area contributed by atoms with E-state index < -0.39 is 21.7 Å². The second-order valence-corrected chi connectivity index (χ2v) is 6.83. The van der Waals surface area contributed by atoms with Gasteiger partial charge in [0.25, 0.3) is 0 Å². The van der Waals surface area contributed by atoms with Crippen molar-refractivity contribution in [2.24, 2.45) is 4.99 Å². The van der Waals surface area contributed by atoms with Crippen molar-refractivity contribution in [1.82, 2.24) is 9.62 Å². The van der Waals surface area contributed by atoms with Gasteiger partial charge in [0.05, 0.1) is 19.5 Å². The number of hydrogen-bond donors (Lipinski definition) is 1. The van der Waals surface area contributed by atoms with Gasteiger partial charge >= 0.3 is 5.97 Å². The van der Waals surface area contributed by atoms with E-state index in [1.807, 2.05) is 18.7 Å². The molecule has 112 valence electrons. The van der Waals surface area contributed by atoms with Crippen molar-refractivity contribution in [3.05, 3.63) is 11.3 Å². The molecule has 0 unspecified atom stereocenters. The van der Waals surface area contributed by atoms with E-state index in [9.17, 15) is 13.2 Å². The van der Waals surface area contributed by atoms with Crippen LogP contribution >= 0.6 is 0 Å². The lowest BCUT2D eigenvalue weighted by Crippen LogP contribution is -2.40. The molecule has 2 atom stereocenters. The fourth-order valence-electron chi connectivity index (χ4n) is 2.39. The van der Waals surface area contributed by atoms with Crippen molar-refractivity contribution in [2.75, 3.05) is 19.4 Å². The average molecular weight is 301 g/mol. The zero-order valence-electron chi connectivity index (χ0n) is 11.8. The van der Waals surface area contributed by atoms with Crippen molar-refractivity contribution in [2.45, 2.75) is 32.4 Å². The molecule has 1 saturated heterocycles. The minimum absolute atomic E-state index is 0.131. The molecule has 0 saturated carbocycles. The quantitative estimate of drug-likeness (QED) is 0.730. The van der Waals surface area contributed by atoms with Gasteiger partial charge in [0.1, 0.15) is 0 Å². The van der Waals surface area contributed by atoms with Crippen LogP contribution in [-0.2, 0) is 19.6 Å². The summed E-state index contributed by atoms with van der Waals surface area (Å²) in [5.41, 5.74) is 2.26. The molecule has 1 fully saturated rings. The van der Waals surface area contributed by atoms with Crippen molar-refractivity contribution in [1.29, 1.82) is 0 Å². The molecule has 0 spiro atoms. The highest BCUT2D eigenvalue weighted by Crippen LogP contribution is 2.29. The molecule has 2 heterocycles. The first-order valence-corrected chi connectivity index (χ1v) is 8.04. The Morgan fingerprint density at radius 3 is 2.95 bits per heavy atom. The van der Waals surface area contributed by atoms with Gasteiger partial charge in [0.15, 0.2) is 5.75 Å². The van der Waals surface area contributed by atoms with E-state index >= 15 is 0 Å². The molecule has 2 rings (SSSR count). The van der Waals surface area contributed by atoms with Gasteiger partial charge in [0, 0.05) is 24.7 Å². The normalized spacial score (nSPS) is 25.9. The molecule has 0 aromatic carbocycles. The Hall–Kier alpha value is -1.41. The fourth-order valence-corrected chi connectivity index (χ4v) is 3.57. The first-order valence-electron chi connectivity index (χ1n) is 6.39. The highest BCUT2D eigenvalue weighted by molar-refractivity contribution is 7.90. The number of aliphatic imine (C=N–C) groups is 1. The molecule has 20 heavy (non-hydrogen) atoms. The second-order valence-electron chi connectivity index (χ2n) is 5.08. The van der Waals surface area contributed by atoms with Crippen molar-refractivity contribution in [3.8, 4) is 0 Å². The second kappa shape index (κ2) is 5.53. The van der Waals surface area contributed by atoms with E-state index in [4.69, 9.17) is 0 Å². The topological polar surface area (TPSA) is 88.1 Å². The van der Waals surface area contributed by atoms with Crippen LogP contribution in [0.1, 0.15) is 20.3 Å². The lowest BCUT2D eigenvalue weighted by molar-refractivity contribution is -0.137. The van der Waals surface area contributed by atoms with Gasteiger partial charge in [-0.15, -0.1) is 0 Å². The number of sulfonamides is 1. The van der Waals surface area contributed by atoms with Crippen LogP contribution in [-0.4, -0.2) is 57.1 Å². The molecule has 1 N–H and O–H groups in total. The summed E-state index contributed by atoms with van der Waals surface area (Å²) in [6.45, 7) is 4.54. The van der Waals surface area contributed by atoms with E-state index in [0.717, 1.165) is 11.3 Å². The summed E-state index contributed by atoms with van der Waals surface area (Å²) in [5, 5.41) is 0. The third-order valence-electron chi connectivity index (χ3n) is 3.60. The molecule has 0 bridgehead atoms. The molecule has 0 aliphatic carbocycles. The van der Waals surface area contributed by atoms with Gasteiger partial charge < -0.3 is 9.64 Å². The number of nitrogens with zero attached hydrogens (tertiary/aromatic N) is 2. The molecule has 2 aliphatic heterocycles. The van der Waals surface area contributed by atoms with E-state index in [1.54, 1.807) is 6.34 Å². The lowest BCUT2D eigenvalue weighted by Gasteiger charge is -2.24. The highest BCUT2D eigenvalue weighted by Gasteiger charge is 2.33. The summed E-state index contributed by atoms with van der Waals surface area (Å²) in [6, 6.07) is -0.113. The van der Waals surface area contributed by atoms with E-state index in [1.165, 1.54) is 7.11 Å². The van der Waals surface area contributed by atoms with Crippen LogP contribution in [0.5, 0.6) is 0 Å². The number of rotatable bonds is 4. The van der Waals surface area contributed by atoms with E-state index in [0.29, 0.717) is 13.0 Å². The number of ether oxygens (including phenoxy) is 1. The molecule has 8 heteroatoms. The largest absolute Gasteiger partial charge is 0.468 e. The zero-order valence-corrected chi connectivity index (χ0v) is 12.6. The minimum atomic E-state index is -3.67.